The van der Waals surface area contributed by atoms with E-state index >= 15 is 0 Å². The monoisotopic (exact) mass is 514 g/mol. The van der Waals surface area contributed by atoms with Crippen molar-refractivity contribution in [2.45, 2.75) is 116 Å². The molecule has 0 aliphatic rings. The van der Waals surface area contributed by atoms with Crippen LogP contribution in [0.4, 0.5) is 0 Å². The molecule has 0 aliphatic heterocycles. The van der Waals surface area contributed by atoms with Gasteiger partial charge in [0.15, 0.2) is 0 Å². The summed E-state index contributed by atoms with van der Waals surface area (Å²) in [4.78, 5) is 1.07. The molecule has 0 saturated heterocycles. The van der Waals surface area contributed by atoms with Crippen LogP contribution in [0.3, 0.4) is 0 Å². The predicted octanol–water partition coefficient (Wildman–Crippen LogP) is 8.52. The van der Waals surface area contributed by atoms with E-state index < -0.39 is 29.2 Å². The topological polar surface area (TPSA) is 17.1 Å². The number of hydrogen-bond donors (Lipinski definition) is 0. The van der Waals surface area contributed by atoms with Crippen molar-refractivity contribution in [2.75, 3.05) is 3.77 Å². The van der Waals surface area contributed by atoms with Gasteiger partial charge in [0.2, 0.25) is 0 Å². The van der Waals surface area contributed by atoms with Crippen molar-refractivity contribution in [3.8, 4) is 0 Å². The van der Waals surface area contributed by atoms with Gasteiger partial charge in [0.25, 0.3) is 0 Å². The Hall–Kier alpha value is 0.169. The van der Waals surface area contributed by atoms with Gasteiger partial charge in [0.05, 0.1) is 0 Å². The Bertz CT molecular complexity index is 471. The molecule has 0 saturated carbocycles. The van der Waals surface area contributed by atoms with E-state index in [1.165, 1.54) is 90.4 Å². The summed E-state index contributed by atoms with van der Waals surface area (Å²) in [5, 5.41) is 0. The first kappa shape index (κ1) is 26.2. The van der Waals surface area contributed by atoms with Crippen molar-refractivity contribution < 1.29 is 4.21 Å². The van der Waals surface area contributed by atoms with E-state index in [1.807, 2.05) is 18.2 Å². The summed E-state index contributed by atoms with van der Waals surface area (Å²) in [5.74, 6) is 0. The fourth-order valence-electron chi connectivity index (χ4n) is 4.31. The summed E-state index contributed by atoms with van der Waals surface area (Å²) in [6.45, 7) is 6.91. The third-order valence-electron chi connectivity index (χ3n) is 6.13. The second-order valence-corrected chi connectivity index (χ2v) is 25.5. The van der Waals surface area contributed by atoms with Gasteiger partial charge in [-0.05, 0) is 0 Å². The number of benzene rings is 1. The molecule has 0 N–H and O–H groups in total. The average Bonchev–Trinajstić information content (AvgIpc) is 2.72. The second-order valence-electron chi connectivity index (χ2n) is 8.73. The molecule has 0 fully saturated rings. The van der Waals surface area contributed by atoms with E-state index in [2.05, 4.69) is 32.9 Å². The third kappa shape index (κ3) is 11.4. The Morgan fingerprint density at radius 1 is 0.643 bits per heavy atom. The molecule has 1 nitrogen and oxygen atoms in total. The van der Waals surface area contributed by atoms with Crippen LogP contribution in [-0.4, -0.2) is 26.4 Å². The molecule has 28 heavy (non-hydrogen) atoms. The first-order chi connectivity index (χ1) is 13.7. The van der Waals surface area contributed by atoms with Gasteiger partial charge < -0.3 is 0 Å². The van der Waals surface area contributed by atoms with Crippen molar-refractivity contribution in [1.82, 2.24) is 0 Å². The number of hydrogen-bond acceptors (Lipinski definition) is 1. The van der Waals surface area contributed by atoms with Gasteiger partial charge in [-0.2, -0.15) is 0 Å². The van der Waals surface area contributed by atoms with E-state index in [9.17, 15) is 4.21 Å². The van der Waals surface area contributed by atoms with Crippen LogP contribution in [0.2, 0.25) is 13.3 Å². The van der Waals surface area contributed by atoms with E-state index in [1.54, 1.807) is 0 Å². The molecule has 1 aromatic carbocycles. The number of unbranched alkanes of at least 4 members (excludes halogenated alkanes) is 9. The summed E-state index contributed by atoms with van der Waals surface area (Å²) in [6.07, 6.45) is 16.4. The molecular weight excluding hydrogens is 467 g/mol. The van der Waals surface area contributed by atoms with Gasteiger partial charge in [0, 0.05) is 0 Å². The van der Waals surface area contributed by atoms with Crippen LogP contribution in [0, 0.1) is 0 Å². The van der Waals surface area contributed by atoms with Gasteiger partial charge in [-0.1, -0.05) is 0 Å². The molecular formula is C25H46OSSn. The van der Waals surface area contributed by atoms with Crippen molar-refractivity contribution >= 4 is 29.2 Å². The van der Waals surface area contributed by atoms with E-state index in [-0.39, 0.29) is 0 Å². The van der Waals surface area contributed by atoms with Crippen LogP contribution in [0.1, 0.15) is 97.8 Å². The molecule has 0 amide bonds. The molecule has 3 heteroatoms. The maximum absolute atomic E-state index is 13.3. The standard InChI is InChI=1S/C7H7OS.3C6H13.Sn/c1-9(8)7-5-3-2-4-6-7;3*1-3-5-6-4-2;/h2-6H,1H2;3*1,3-6H2,2H3;. The fraction of sp³-hybridized carbons (Fsp3) is 0.760. The second kappa shape index (κ2) is 16.9. The molecule has 1 rings (SSSR count). The Kier molecular flexibility index (Phi) is 15.8. The molecule has 1 unspecified atom stereocenters. The molecule has 0 aliphatic carbocycles. The Morgan fingerprint density at radius 2 is 1.07 bits per heavy atom. The molecule has 162 valence electrons. The zero-order valence-electron chi connectivity index (χ0n) is 19.0. The van der Waals surface area contributed by atoms with Gasteiger partial charge in [-0.3, -0.25) is 0 Å². The first-order valence-electron chi connectivity index (χ1n) is 12.1. The van der Waals surface area contributed by atoms with Crippen LogP contribution >= 0.6 is 0 Å². The summed E-state index contributed by atoms with van der Waals surface area (Å²) >= 11 is -2.40. The zero-order chi connectivity index (χ0) is 20.5. The SMILES string of the molecule is CCCCC[CH2][Sn]([CH2]CCCCC)([CH2]CCCCC)[CH2]S(=O)c1ccccc1. The first-order valence-corrected chi connectivity index (χ1v) is 21.5. The van der Waals surface area contributed by atoms with Gasteiger partial charge in [-0.25, -0.2) is 0 Å². The van der Waals surface area contributed by atoms with Gasteiger partial charge in [0.1, 0.15) is 0 Å². The minimum absolute atomic E-state index is 0.781. The van der Waals surface area contributed by atoms with Crippen LogP contribution in [0.15, 0.2) is 35.2 Å². The summed E-state index contributed by atoms with van der Waals surface area (Å²) in [7, 11) is -0.781. The summed E-state index contributed by atoms with van der Waals surface area (Å²) in [5.41, 5.74) is 0. The summed E-state index contributed by atoms with van der Waals surface area (Å²) < 4.78 is 18.8. The van der Waals surface area contributed by atoms with Crippen LogP contribution in [0.25, 0.3) is 0 Å². The third-order valence-corrected chi connectivity index (χ3v) is 27.4. The Balaban J connectivity index is 2.85. The predicted molar refractivity (Wildman–Crippen MR) is 130 cm³/mol. The quantitative estimate of drug-likeness (QED) is 0.142. The summed E-state index contributed by atoms with van der Waals surface area (Å²) in [6, 6.07) is 10.3. The molecule has 1 aromatic rings. The van der Waals surface area contributed by atoms with E-state index in [0.717, 1.165) is 8.66 Å². The average molecular weight is 513 g/mol. The maximum atomic E-state index is 13.3. The van der Waals surface area contributed by atoms with Crippen LogP contribution < -0.4 is 0 Å². The minimum atomic E-state index is -2.40. The van der Waals surface area contributed by atoms with Crippen molar-refractivity contribution in [2.24, 2.45) is 0 Å². The molecule has 0 radical (unpaired) electrons. The van der Waals surface area contributed by atoms with Crippen LogP contribution in [-0.2, 0) is 10.8 Å². The molecule has 0 spiro atoms. The van der Waals surface area contributed by atoms with Crippen molar-refractivity contribution in [3.63, 3.8) is 0 Å². The zero-order valence-corrected chi connectivity index (χ0v) is 22.7. The molecule has 1 atom stereocenters. The molecule has 0 aromatic heterocycles. The Labute approximate surface area is 182 Å². The van der Waals surface area contributed by atoms with Crippen molar-refractivity contribution in [1.29, 1.82) is 0 Å². The molecule has 0 bridgehead atoms. The Morgan fingerprint density at radius 3 is 1.46 bits per heavy atom. The fourth-order valence-corrected chi connectivity index (χ4v) is 26.5. The van der Waals surface area contributed by atoms with Gasteiger partial charge in [-0.15, -0.1) is 0 Å². The van der Waals surface area contributed by atoms with E-state index in [4.69, 9.17) is 0 Å². The molecule has 0 heterocycles. The number of rotatable bonds is 18. The van der Waals surface area contributed by atoms with Crippen LogP contribution in [0.5, 0.6) is 0 Å². The van der Waals surface area contributed by atoms with Gasteiger partial charge >= 0.3 is 184 Å². The van der Waals surface area contributed by atoms with E-state index in [0.29, 0.717) is 0 Å². The normalized spacial score (nSPS) is 13.0. The van der Waals surface area contributed by atoms with Crippen molar-refractivity contribution in [3.05, 3.63) is 30.3 Å².